The van der Waals surface area contributed by atoms with Crippen LogP contribution in [0.3, 0.4) is 0 Å². The lowest BCUT2D eigenvalue weighted by Gasteiger charge is -2.18. The molecule has 5 heteroatoms. The fraction of sp³-hybridized carbons (Fsp3) is 0.467. The molecule has 1 aromatic carbocycles. The van der Waals surface area contributed by atoms with Crippen LogP contribution in [-0.4, -0.2) is 30.4 Å². The van der Waals surface area contributed by atoms with E-state index in [-0.39, 0.29) is 17.9 Å². The summed E-state index contributed by atoms with van der Waals surface area (Å²) in [5, 5.41) is 5.99. The van der Waals surface area contributed by atoms with E-state index in [9.17, 15) is 9.59 Å². The Kier molecular flexibility index (Phi) is 4.39. The quantitative estimate of drug-likeness (QED) is 0.880. The Labute approximate surface area is 119 Å². The molecular weight excluding hydrogens is 254 g/mol. The van der Waals surface area contributed by atoms with Crippen molar-refractivity contribution in [2.24, 2.45) is 0 Å². The molecule has 1 aliphatic rings. The van der Waals surface area contributed by atoms with Crippen LogP contribution in [0.1, 0.15) is 27.2 Å². The molecule has 1 fully saturated rings. The SMILES string of the molecule is CC(=O)Nc1ccc(N2CCC(NC(C)C)C2=O)cc1. The number of hydrogen-bond donors (Lipinski definition) is 2. The van der Waals surface area contributed by atoms with Crippen molar-refractivity contribution in [3.63, 3.8) is 0 Å². The molecule has 0 aliphatic carbocycles. The van der Waals surface area contributed by atoms with Gasteiger partial charge in [0.1, 0.15) is 0 Å². The van der Waals surface area contributed by atoms with Gasteiger partial charge in [-0.25, -0.2) is 0 Å². The minimum atomic E-state index is -0.101. The molecule has 1 heterocycles. The van der Waals surface area contributed by atoms with Crippen molar-refractivity contribution in [3.05, 3.63) is 24.3 Å². The van der Waals surface area contributed by atoms with Gasteiger partial charge >= 0.3 is 0 Å². The van der Waals surface area contributed by atoms with E-state index in [0.29, 0.717) is 6.04 Å². The highest BCUT2D eigenvalue weighted by Crippen LogP contribution is 2.23. The van der Waals surface area contributed by atoms with E-state index in [4.69, 9.17) is 0 Å². The van der Waals surface area contributed by atoms with Gasteiger partial charge in [0.25, 0.3) is 0 Å². The van der Waals surface area contributed by atoms with Gasteiger partial charge in [-0.3, -0.25) is 9.59 Å². The average Bonchev–Trinajstić information content (AvgIpc) is 2.71. The molecular formula is C15H21N3O2. The van der Waals surface area contributed by atoms with Crippen molar-refractivity contribution < 1.29 is 9.59 Å². The van der Waals surface area contributed by atoms with E-state index in [1.54, 1.807) is 4.90 Å². The highest BCUT2D eigenvalue weighted by molar-refractivity contribution is 5.99. The van der Waals surface area contributed by atoms with Crippen LogP contribution in [-0.2, 0) is 9.59 Å². The third-order valence-electron chi connectivity index (χ3n) is 3.24. The van der Waals surface area contributed by atoms with Crippen LogP contribution >= 0.6 is 0 Å². The van der Waals surface area contributed by atoms with Crippen molar-refractivity contribution in [1.29, 1.82) is 0 Å². The number of anilines is 2. The molecule has 1 aliphatic heterocycles. The summed E-state index contributed by atoms with van der Waals surface area (Å²) in [6.45, 7) is 6.28. The third-order valence-corrected chi connectivity index (χ3v) is 3.24. The molecule has 108 valence electrons. The summed E-state index contributed by atoms with van der Waals surface area (Å²) >= 11 is 0. The minimum Gasteiger partial charge on any atom is -0.326 e. The number of rotatable bonds is 4. The van der Waals surface area contributed by atoms with Gasteiger partial charge in [0.15, 0.2) is 0 Å². The average molecular weight is 275 g/mol. The van der Waals surface area contributed by atoms with Crippen molar-refractivity contribution in [3.8, 4) is 0 Å². The van der Waals surface area contributed by atoms with Gasteiger partial charge in [-0.1, -0.05) is 13.8 Å². The van der Waals surface area contributed by atoms with Gasteiger partial charge in [-0.05, 0) is 30.7 Å². The summed E-state index contributed by atoms with van der Waals surface area (Å²) < 4.78 is 0. The normalized spacial score (nSPS) is 18.7. The first kappa shape index (κ1) is 14.5. The second-order valence-electron chi connectivity index (χ2n) is 5.38. The first-order chi connectivity index (χ1) is 9.47. The molecule has 2 amide bonds. The van der Waals surface area contributed by atoms with Gasteiger partial charge < -0.3 is 15.5 Å². The monoisotopic (exact) mass is 275 g/mol. The number of amides is 2. The van der Waals surface area contributed by atoms with Gasteiger partial charge in [0, 0.05) is 30.9 Å². The molecule has 2 N–H and O–H groups in total. The highest BCUT2D eigenvalue weighted by Gasteiger charge is 2.32. The van der Waals surface area contributed by atoms with Crippen LogP contribution < -0.4 is 15.5 Å². The van der Waals surface area contributed by atoms with Crippen molar-refractivity contribution in [1.82, 2.24) is 5.32 Å². The molecule has 2 rings (SSSR count). The molecule has 0 bridgehead atoms. The summed E-state index contributed by atoms with van der Waals surface area (Å²) in [7, 11) is 0. The number of carbonyl (C=O) groups excluding carboxylic acids is 2. The second kappa shape index (κ2) is 6.05. The van der Waals surface area contributed by atoms with E-state index in [0.717, 1.165) is 24.3 Å². The summed E-state index contributed by atoms with van der Waals surface area (Å²) in [4.78, 5) is 25.1. The fourth-order valence-electron chi connectivity index (χ4n) is 2.42. The largest absolute Gasteiger partial charge is 0.326 e. The zero-order valence-electron chi connectivity index (χ0n) is 12.1. The zero-order valence-corrected chi connectivity index (χ0v) is 12.1. The van der Waals surface area contributed by atoms with E-state index >= 15 is 0 Å². The topological polar surface area (TPSA) is 61.4 Å². The van der Waals surface area contributed by atoms with Crippen LogP contribution in [0.5, 0.6) is 0 Å². The molecule has 20 heavy (non-hydrogen) atoms. The van der Waals surface area contributed by atoms with Crippen LogP contribution in [0.15, 0.2) is 24.3 Å². The molecule has 1 atom stereocenters. The number of nitrogens with one attached hydrogen (secondary N) is 2. The van der Waals surface area contributed by atoms with Gasteiger partial charge in [-0.15, -0.1) is 0 Å². The van der Waals surface area contributed by atoms with Crippen molar-refractivity contribution in [2.45, 2.75) is 39.3 Å². The first-order valence-corrected chi connectivity index (χ1v) is 6.92. The smallest absolute Gasteiger partial charge is 0.244 e. The van der Waals surface area contributed by atoms with Crippen LogP contribution in [0, 0.1) is 0 Å². The highest BCUT2D eigenvalue weighted by atomic mass is 16.2. The maximum atomic E-state index is 12.3. The molecule has 1 unspecified atom stereocenters. The van der Waals surface area contributed by atoms with Gasteiger partial charge in [-0.2, -0.15) is 0 Å². The Hall–Kier alpha value is -1.88. The lowest BCUT2D eigenvalue weighted by atomic mass is 10.2. The van der Waals surface area contributed by atoms with E-state index in [1.165, 1.54) is 6.92 Å². The Balaban J connectivity index is 2.05. The van der Waals surface area contributed by atoms with E-state index < -0.39 is 0 Å². The van der Waals surface area contributed by atoms with E-state index in [1.807, 2.05) is 38.1 Å². The Morgan fingerprint density at radius 1 is 1.30 bits per heavy atom. The summed E-state index contributed by atoms with van der Waals surface area (Å²) in [5.74, 6) is 0.0159. The maximum absolute atomic E-state index is 12.3. The third kappa shape index (κ3) is 3.36. The lowest BCUT2D eigenvalue weighted by molar-refractivity contribution is -0.119. The second-order valence-corrected chi connectivity index (χ2v) is 5.38. The standard InChI is InChI=1S/C15H21N3O2/c1-10(2)16-14-8-9-18(15(14)20)13-6-4-12(5-7-13)17-11(3)19/h4-7,10,14,16H,8-9H2,1-3H3,(H,17,19). The molecule has 0 aromatic heterocycles. The Bertz CT molecular complexity index is 496. The predicted octanol–water partition coefficient (Wildman–Crippen LogP) is 1.75. The molecule has 0 spiro atoms. The minimum absolute atomic E-state index is 0.0926. The van der Waals surface area contributed by atoms with Crippen LogP contribution in [0.4, 0.5) is 11.4 Å². The van der Waals surface area contributed by atoms with Crippen LogP contribution in [0.25, 0.3) is 0 Å². The number of benzene rings is 1. The Morgan fingerprint density at radius 2 is 1.95 bits per heavy atom. The van der Waals surface area contributed by atoms with Gasteiger partial charge in [0.2, 0.25) is 11.8 Å². The summed E-state index contributed by atoms with van der Waals surface area (Å²) in [5.41, 5.74) is 1.61. The van der Waals surface area contributed by atoms with Crippen molar-refractivity contribution >= 4 is 23.2 Å². The van der Waals surface area contributed by atoms with Gasteiger partial charge in [0.05, 0.1) is 6.04 Å². The summed E-state index contributed by atoms with van der Waals surface area (Å²) in [6.07, 6.45) is 0.824. The number of nitrogens with zero attached hydrogens (tertiary/aromatic N) is 1. The zero-order chi connectivity index (χ0) is 14.7. The predicted molar refractivity (Wildman–Crippen MR) is 79.8 cm³/mol. The first-order valence-electron chi connectivity index (χ1n) is 6.92. The van der Waals surface area contributed by atoms with Crippen molar-refractivity contribution in [2.75, 3.05) is 16.8 Å². The molecule has 0 saturated carbocycles. The molecule has 1 aromatic rings. The molecule has 1 saturated heterocycles. The number of hydrogen-bond acceptors (Lipinski definition) is 3. The number of carbonyl (C=O) groups is 2. The van der Waals surface area contributed by atoms with Crippen LogP contribution in [0.2, 0.25) is 0 Å². The van der Waals surface area contributed by atoms with E-state index in [2.05, 4.69) is 10.6 Å². The molecule has 5 nitrogen and oxygen atoms in total. The maximum Gasteiger partial charge on any atom is 0.244 e. The molecule has 0 radical (unpaired) electrons. The lowest BCUT2D eigenvalue weighted by Crippen LogP contribution is -2.41. The summed E-state index contributed by atoms with van der Waals surface area (Å²) in [6, 6.07) is 7.55. The fourth-order valence-corrected chi connectivity index (χ4v) is 2.42. The Morgan fingerprint density at radius 3 is 2.50 bits per heavy atom.